The van der Waals surface area contributed by atoms with E-state index < -0.39 is 0 Å². The van der Waals surface area contributed by atoms with Gasteiger partial charge in [-0.1, -0.05) is 54.6 Å². The number of hydrogen-bond donors (Lipinski definition) is 0. The molecule has 1 aliphatic heterocycles. The first-order valence-corrected chi connectivity index (χ1v) is 5.65. The van der Waals surface area contributed by atoms with Crippen LogP contribution >= 0.6 is 0 Å². The molecular formula is C15H12N2. The van der Waals surface area contributed by atoms with Crippen molar-refractivity contribution in [1.82, 2.24) is 0 Å². The van der Waals surface area contributed by atoms with Crippen LogP contribution in [0.2, 0.25) is 0 Å². The van der Waals surface area contributed by atoms with Crippen LogP contribution in [0.5, 0.6) is 0 Å². The van der Waals surface area contributed by atoms with Crippen molar-refractivity contribution in [2.75, 3.05) is 6.54 Å². The molecule has 3 rings (SSSR count). The van der Waals surface area contributed by atoms with Gasteiger partial charge in [-0.2, -0.15) is 10.2 Å². The molecule has 0 bridgehead atoms. The first kappa shape index (κ1) is 9.97. The predicted octanol–water partition coefficient (Wildman–Crippen LogP) is 4.16. The lowest BCUT2D eigenvalue weighted by atomic mass is 9.95. The van der Waals surface area contributed by atoms with E-state index >= 15 is 0 Å². The van der Waals surface area contributed by atoms with E-state index in [0.717, 1.165) is 0 Å². The van der Waals surface area contributed by atoms with Gasteiger partial charge in [0.15, 0.2) is 0 Å². The third-order valence-corrected chi connectivity index (χ3v) is 2.89. The van der Waals surface area contributed by atoms with Crippen LogP contribution in [0.1, 0.15) is 5.56 Å². The molecule has 0 aromatic heterocycles. The van der Waals surface area contributed by atoms with Gasteiger partial charge in [0, 0.05) is 5.57 Å². The Morgan fingerprint density at radius 3 is 2.18 bits per heavy atom. The van der Waals surface area contributed by atoms with Crippen LogP contribution < -0.4 is 0 Å². The summed E-state index contributed by atoms with van der Waals surface area (Å²) in [5.41, 5.74) is 4.88. The lowest BCUT2D eigenvalue weighted by Crippen LogP contribution is -1.90. The molecule has 1 heterocycles. The molecule has 0 N–H and O–H groups in total. The summed E-state index contributed by atoms with van der Waals surface area (Å²) in [6.07, 6.45) is 1.85. The number of rotatable bonds is 2. The average Bonchev–Trinajstić information content (AvgIpc) is 2.94. The standard InChI is InChI=1S/C15H12N2/c1-2-6-12(7-3-1)14-8-4-5-9-15(14)13-10-16-17-11-13/h1-10H,11H2. The number of benzene rings is 2. The average molecular weight is 220 g/mol. The summed E-state index contributed by atoms with van der Waals surface area (Å²) in [5, 5.41) is 7.95. The molecule has 2 aromatic rings. The highest BCUT2D eigenvalue weighted by atomic mass is 15.1. The number of hydrogen-bond acceptors (Lipinski definition) is 2. The van der Waals surface area contributed by atoms with Gasteiger partial charge in [-0.3, -0.25) is 0 Å². The molecule has 0 fully saturated rings. The van der Waals surface area contributed by atoms with Crippen molar-refractivity contribution in [2.24, 2.45) is 10.2 Å². The van der Waals surface area contributed by atoms with E-state index in [-0.39, 0.29) is 0 Å². The first-order valence-electron chi connectivity index (χ1n) is 5.65. The highest BCUT2D eigenvalue weighted by molar-refractivity contribution is 5.82. The van der Waals surface area contributed by atoms with Gasteiger partial charge in [0.25, 0.3) is 0 Å². The molecule has 0 amide bonds. The smallest absolute Gasteiger partial charge is 0.0875 e. The maximum atomic E-state index is 4.01. The van der Waals surface area contributed by atoms with Crippen LogP contribution in [0.3, 0.4) is 0 Å². The first-order chi connectivity index (χ1) is 8.45. The Hall–Kier alpha value is -2.22. The van der Waals surface area contributed by atoms with E-state index in [1.165, 1.54) is 22.3 Å². The molecule has 2 nitrogen and oxygen atoms in total. The fourth-order valence-corrected chi connectivity index (χ4v) is 2.06. The van der Waals surface area contributed by atoms with Crippen molar-refractivity contribution in [3.63, 3.8) is 0 Å². The summed E-state index contributed by atoms with van der Waals surface area (Å²) in [6.45, 7) is 0.684. The van der Waals surface area contributed by atoms with Gasteiger partial charge in [0.2, 0.25) is 0 Å². The molecule has 0 atom stereocenters. The molecule has 2 aromatic carbocycles. The fourth-order valence-electron chi connectivity index (χ4n) is 2.06. The summed E-state index contributed by atoms with van der Waals surface area (Å²) in [7, 11) is 0. The van der Waals surface area contributed by atoms with E-state index in [4.69, 9.17) is 0 Å². The molecule has 0 aliphatic carbocycles. The van der Waals surface area contributed by atoms with Crippen LogP contribution in [0.4, 0.5) is 0 Å². The van der Waals surface area contributed by atoms with Crippen LogP contribution in [-0.4, -0.2) is 6.54 Å². The topological polar surface area (TPSA) is 24.7 Å². The van der Waals surface area contributed by atoms with Gasteiger partial charge in [-0.25, -0.2) is 0 Å². The minimum atomic E-state index is 0.684. The monoisotopic (exact) mass is 220 g/mol. The Kier molecular flexibility index (Phi) is 2.54. The third-order valence-electron chi connectivity index (χ3n) is 2.89. The highest BCUT2D eigenvalue weighted by Crippen LogP contribution is 2.30. The van der Waals surface area contributed by atoms with E-state index in [1.54, 1.807) is 0 Å². The van der Waals surface area contributed by atoms with Crippen molar-refractivity contribution < 1.29 is 0 Å². The quantitative estimate of drug-likeness (QED) is 0.726. The van der Waals surface area contributed by atoms with Crippen molar-refractivity contribution in [1.29, 1.82) is 0 Å². The minimum absolute atomic E-state index is 0.684. The normalized spacial score (nSPS) is 13.8. The van der Waals surface area contributed by atoms with Gasteiger partial charge < -0.3 is 0 Å². The lowest BCUT2D eigenvalue weighted by Gasteiger charge is -2.09. The summed E-state index contributed by atoms with van der Waals surface area (Å²) >= 11 is 0. The second kappa shape index (κ2) is 4.34. The summed E-state index contributed by atoms with van der Waals surface area (Å²) in [5.74, 6) is 0. The molecule has 0 saturated carbocycles. The van der Waals surface area contributed by atoms with Gasteiger partial charge in [0.05, 0.1) is 12.7 Å². The number of azo groups is 1. The van der Waals surface area contributed by atoms with E-state index in [1.807, 2.05) is 12.3 Å². The Morgan fingerprint density at radius 2 is 1.47 bits per heavy atom. The van der Waals surface area contributed by atoms with Gasteiger partial charge in [0.1, 0.15) is 0 Å². The van der Waals surface area contributed by atoms with E-state index in [2.05, 4.69) is 58.8 Å². The maximum absolute atomic E-state index is 4.01. The van der Waals surface area contributed by atoms with Crippen molar-refractivity contribution in [2.45, 2.75) is 0 Å². The minimum Gasteiger partial charge on any atom is -0.184 e. The molecule has 82 valence electrons. The van der Waals surface area contributed by atoms with Crippen molar-refractivity contribution in [3.05, 3.63) is 66.4 Å². The second-order valence-electron chi connectivity index (χ2n) is 3.98. The van der Waals surface area contributed by atoms with Crippen LogP contribution in [0.15, 0.2) is 71.0 Å². The fraction of sp³-hybridized carbons (Fsp3) is 0.0667. The number of nitrogens with zero attached hydrogens (tertiary/aromatic N) is 2. The molecular weight excluding hydrogens is 208 g/mol. The maximum Gasteiger partial charge on any atom is 0.0875 e. The van der Waals surface area contributed by atoms with Crippen molar-refractivity contribution in [3.8, 4) is 11.1 Å². The molecule has 1 aliphatic rings. The molecule has 0 radical (unpaired) electrons. The van der Waals surface area contributed by atoms with Crippen LogP contribution in [-0.2, 0) is 0 Å². The Balaban J connectivity index is 2.11. The largest absolute Gasteiger partial charge is 0.184 e. The Labute approximate surface area is 100 Å². The van der Waals surface area contributed by atoms with E-state index in [9.17, 15) is 0 Å². The van der Waals surface area contributed by atoms with Crippen LogP contribution in [0, 0.1) is 0 Å². The zero-order valence-electron chi connectivity index (χ0n) is 9.38. The third kappa shape index (κ3) is 1.89. The summed E-state index contributed by atoms with van der Waals surface area (Å²) < 4.78 is 0. The molecule has 0 unspecified atom stereocenters. The highest BCUT2D eigenvalue weighted by Gasteiger charge is 2.10. The van der Waals surface area contributed by atoms with E-state index in [0.29, 0.717) is 6.54 Å². The van der Waals surface area contributed by atoms with Gasteiger partial charge in [-0.05, 0) is 16.7 Å². The molecule has 17 heavy (non-hydrogen) atoms. The van der Waals surface area contributed by atoms with Crippen molar-refractivity contribution >= 4 is 5.57 Å². The zero-order valence-corrected chi connectivity index (χ0v) is 9.38. The van der Waals surface area contributed by atoms with Crippen LogP contribution in [0.25, 0.3) is 16.7 Å². The molecule has 0 saturated heterocycles. The zero-order chi connectivity index (χ0) is 11.5. The summed E-state index contributed by atoms with van der Waals surface area (Å²) in [4.78, 5) is 0. The summed E-state index contributed by atoms with van der Waals surface area (Å²) in [6, 6.07) is 18.8. The Bertz CT molecular complexity index is 583. The lowest BCUT2D eigenvalue weighted by molar-refractivity contribution is 1.14. The predicted molar refractivity (Wildman–Crippen MR) is 69.6 cm³/mol. The SMILES string of the molecule is C1=C(c2ccccc2-c2ccccc2)CN=N1. The van der Waals surface area contributed by atoms with Gasteiger partial charge in [-0.15, -0.1) is 0 Å². The Morgan fingerprint density at radius 1 is 0.765 bits per heavy atom. The van der Waals surface area contributed by atoms with Gasteiger partial charge >= 0.3 is 0 Å². The second-order valence-corrected chi connectivity index (χ2v) is 3.98. The molecule has 2 heteroatoms. The molecule has 0 spiro atoms.